The number of halogens is 3. The Bertz CT molecular complexity index is 683. The summed E-state index contributed by atoms with van der Waals surface area (Å²) >= 11 is 0. The van der Waals surface area contributed by atoms with Crippen molar-refractivity contribution < 1.29 is 18.0 Å². The molecule has 1 amide bonds. The molecule has 1 aromatic heterocycles. The van der Waals surface area contributed by atoms with Crippen molar-refractivity contribution in [2.75, 3.05) is 4.90 Å². The number of rotatable bonds is 2. The lowest BCUT2D eigenvalue weighted by atomic mass is 9.26. The van der Waals surface area contributed by atoms with Crippen LogP contribution in [-0.4, -0.2) is 105 Å². The molecule has 1 aliphatic heterocycles. The number of hydrogen-bond donors (Lipinski definition) is 0. The molecule has 130 valence electrons. The van der Waals surface area contributed by atoms with Gasteiger partial charge in [-0.3, -0.25) is 4.79 Å². The van der Waals surface area contributed by atoms with Crippen molar-refractivity contribution in [3.8, 4) is 0 Å². The largest absolute Gasteiger partial charge is 0.419 e. The summed E-state index contributed by atoms with van der Waals surface area (Å²) in [6, 6.07) is 0. The number of alkyl halides is 3. The highest BCUT2D eigenvalue weighted by atomic mass is 19.4. The molecular formula is C10H19B8F3N4O. The van der Waals surface area contributed by atoms with E-state index in [4.69, 9.17) is 0 Å². The number of piperazine rings is 1. The first-order valence-electron chi connectivity index (χ1n) is 8.47. The maximum absolute atomic E-state index is 12.9. The molecule has 0 N–H and O–H groups in total. The zero-order chi connectivity index (χ0) is 20.3. The van der Waals surface area contributed by atoms with Crippen molar-refractivity contribution in [2.45, 2.75) is 27.5 Å². The molecule has 0 saturated carbocycles. The van der Waals surface area contributed by atoms with Crippen LogP contribution in [0.1, 0.15) is 5.56 Å². The van der Waals surface area contributed by atoms with E-state index in [1.54, 1.807) is 4.90 Å². The lowest BCUT2D eigenvalue weighted by Gasteiger charge is -2.73. The summed E-state index contributed by atoms with van der Waals surface area (Å²) in [4.78, 5) is 23.7. The molecule has 1 aromatic rings. The molecule has 0 atom stereocenters. The molecule has 1 aliphatic rings. The molecule has 5 nitrogen and oxygen atoms in total. The molecule has 0 aliphatic carbocycles. The SMILES string of the molecule is BC1(B)N(C=O)C(B)(B)C(B)(B)N(c2ncc(C(F)(F)F)cn2)C1(B)B. The fourth-order valence-corrected chi connectivity index (χ4v) is 3.88. The number of anilines is 1. The van der Waals surface area contributed by atoms with Gasteiger partial charge < -0.3 is 9.80 Å². The van der Waals surface area contributed by atoms with Gasteiger partial charge in [0.25, 0.3) is 0 Å². The van der Waals surface area contributed by atoms with Crippen LogP contribution in [0.5, 0.6) is 0 Å². The first kappa shape index (κ1) is 21.0. The summed E-state index contributed by atoms with van der Waals surface area (Å²) in [5, 5.41) is -2.54. The van der Waals surface area contributed by atoms with Gasteiger partial charge >= 0.3 is 6.18 Å². The summed E-state index contributed by atoms with van der Waals surface area (Å²) in [6.07, 6.45) is -2.03. The zero-order valence-corrected chi connectivity index (χ0v) is 16.6. The van der Waals surface area contributed by atoms with Gasteiger partial charge in [-0.2, -0.15) is 13.2 Å². The van der Waals surface area contributed by atoms with Gasteiger partial charge in [-0.1, -0.05) is 0 Å². The molecule has 2 rings (SSSR count). The average Bonchev–Trinajstić information content (AvgIpc) is 2.45. The van der Waals surface area contributed by atoms with Crippen LogP contribution >= 0.6 is 0 Å². The van der Waals surface area contributed by atoms with Gasteiger partial charge in [0, 0.05) is 12.4 Å². The van der Waals surface area contributed by atoms with Crippen LogP contribution in [0.4, 0.5) is 19.1 Å². The van der Waals surface area contributed by atoms with Crippen LogP contribution in [0.25, 0.3) is 0 Å². The van der Waals surface area contributed by atoms with Gasteiger partial charge in [0.1, 0.15) is 62.8 Å². The maximum atomic E-state index is 12.9. The standard InChI is InChI=1S/C10H19B8F3N4O/c11-7(12)9(15,16)25(10(17,18)8(13,14)24(7)3-26)5-22-1-4(2-23-5)6(19,20)21/h1-3H,11-18H2. The highest BCUT2D eigenvalue weighted by Crippen LogP contribution is 2.43. The summed E-state index contributed by atoms with van der Waals surface area (Å²) in [5.74, 6) is 0.208. The first-order chi connectivity index (χ1) is 11.5. The number of carbonyl (C=O) groups excluding carboxylic acids is 1. The second kappa shape index (κ2) is 5.83. The lowest BCUT2D eigenvalue weighted by molar-refractivity contribution is -0.138. The minimum Gasteiger partial charge on any atom is -0.364 e. The molecule has 1 fully saturated rings. The number of aromatic nitrogens is 2. The van der Waals surface area contributed by atoms with E-state index in [0.29, 0.717) is 0 Å². The second-order valence-electron chi connectivity index (χ2n) is 8.82. The Morgan fingerprint density at radius 3 is 1.54 bits per heavy atom. The van der Waals surface area contributed by atoms with E-state index in [2.05, 4.69) is 9.97 Å². The Balaban J connectivity index is 2.67. The fraction of sp³-hybridized carbons (Fsp3) is 0.500. The van der Waals surface area contributed by atoms with E-state index >= 15 is 0 Å². The Kier molecular flexibility index (Phi) is 4.70. The van der Waals surface area contributed by atoms with E-state index < -0.39 is 33.1 Å². The molecule has 0 unspecified atom stereocenters. The normalized spacial score (nSPS) is 23.3. The number of carbonyl (C=O) groups is 1. The van der Waals surface area contributed by atoms with Crippen LogP contribution in [0.2, 0.25) is 0 Å². The molecule has 16 heteroatoms. The predicted octanol–water partition coefficient (Wildman–Crippen LogP) is -7.55. The van der Waals surface area contributed by atoms with Crippen molar-refractivity contribution in [2.24, 2.45) is 0 Å². The molecule has 26 heavy (non-hydrogen) atoms. The smallest absolute Gasteiger partial charge is 0.364 e. The number of nitrogens with zero attached hydrogens (tertiary/aromatic N) is 4. The van der Waals surface area contributed by atoms with Gasteiger partial charge in [-0.15, -0.1) is 0 Å². The summed E-state index contributed by atoms with van der Waals surface area (Å²) in [7, 11) is 15.5. The molecule has 0 radical (unpaired) electrons. The van der Waals surface area contributed by atoms with Gasteiger partial charge in [0.2, 0.25) is 12.4 Å². The van der Waals surface area contributed by atoms with Crippen molar-refractivity contribution in [1.29, 1.82) is 0 Å². The Morgan fingerprint density at radius 2 is 1.23 bits per heavy atom. The second-order valence-corrected chi connectivity index (χ2v) is 8.82. The van der Waals surface area contributed by atoms with Crippen LogP contribution in [0, 0.1) is 0 Å². The molecule has 0 bridgehead atoms. The first-order valence-corrected chi connectivity index (χ1v) is 8.47. The maximum Gasteiger partial charge on any atom is 0.419 e. The third kappa shape index (κ3) is 2.71. The summed E-state index contributed by atoms with van der Waals surface area (Å²) in [5.41, 5.74) is -0.887. The third-order valence-electron chi connectivity index (χ3n) is 6.59. The van der Waals surface area contributed by atoms with Crippen LogP contribution in [0.15, 0.2) is 12.4 Å². The molecule has 0 spiro atoms. The summed E-state index contributed by atoms with van der Waals surface area (Å²) in [6.45, 7) is 0. The van der Waals surface area contributed by atoms with Crippen molar-refractivity contribution in [3.63, 3.8) is 0 Å². The monoisotopic (exact) mass is 356 g/mol. The van der Waals surface area contributed by atoms with Crippen molar-refractivity contribution >= 4 is 75.1 Å². The topological polar surface area (TPSA) is 49.3 Å². The van der Waals surface area contributed by atoms with E-state index in [1.165, 1.54) is 0 Å². The lowest BCUT2D eigenvalue weighted by Crippen LogP contribution is -2.92. The fourth-order valence-electron chi connectivity index (χ4n) is 3.88. The Labute approximate surface area is 158 Å². The third-order valence-corrected chi connectivity index (χ3v) is 6.59. The Hall–Kier alpha value is -1.34. The van der Waals surface area contributed by atoms with Gasteiger partial charge in [-0.25, -0.2) is 9.97 Å². The average molecular weight is 355 g/mol. The quantitative estimate of drug-likeness (QED) is 0.391. The van der Waals surface area contributed by atoms with Crippen molar-refractivity contribution in [3.05, 3.63) is 18.0 Å². The molecule has 0 aromatic carbocycles. The molecular weight excluding hydrogens is 336 g/mol. The van der Waals surface area contributed by atoms with Crippen LogP contribution in [-0.2, 0) is 11.0 Å². The predicted molar refractivity (Wildman–Crippen MR) is 117 cm³/mol. The molecule has 1 saturated heterocycles. The summed E-state index contributed by atoms with van der Waals surface area (Å²) < 4.78 is 38.6. The molecule has 2 heterocycles. The highest BCUT2D eigenvalue weighted by molar-refractivity contribution is 6.62. The minimum absolute atomic E-state index is 0.208. The minimum atomic E-state index is -4.49. The van der Waals surface area contributed by atoms with E-state index in [0.717, 1.165) is 18.8 Å². The van der Waals surface area contributed by atoms with Gasteiger partial charge in [-0.05, 0) is 21.4 Å². The van der Waals surface area contributed by atoms with E-state index in [9.17, 15) is 18.0 Å². The number of amides is 1. The zero-order valence-electron chi connectivity index (χ0n) is 16.6. The van der Waals surface area contributed by atoms with Crippen molar-refractivity contribution in [1.82, 2.24) is 14.9 Å². The van der Waals surface area contributed by atoms with Crippen LogP contribution < -0.4 is 4.90 Å². The number of hydrogen-bond acceptors (Lipinski definition) is 4. The van der Waals surface area contributed by atoms with Gasteiger partial charge in [0.15, 0.2) is 0 Å². The Morgan fingerprint density at radius 1 is 0.846 bits per heavy atom. The highest BCUT2D eigenvalue weighted by Gasteiger charge is 2.62. The van der Waals surface area contributed by atoms with E-state index in [-0.39, 0.29) is 5.95 Å². The van der Waals surface area contributed by atoms with Crippen LogP contribution in [0.3, 0.4) is 0 Å². The van der Waals surface area contributed by atoms with Gasteiger partial charge in [0.05, 0.1) is 5.56 Å². The van der Waals surface area contributed by atoms with E-state index in [1.807, 2.05) is 67.7 Å².